The Bertz CT molecular complexity index is 916. The van der Waals surface area contributed by atoms with Crippen LogP contribution >= 0.6 is 0 Å². The molecule has 2 aromatic carbocycles. The SMILES string of the molecule is COc1ccc2cc(C(=O)NCC3COc4ccccc4C3)[nH]c2c1. The summed E-state index contributed by atoms with van der Waals surface area (Å²) in [7, 11) is 1.63. The zero-order valence-corrected chi connectivity index (χ0v) is 14.0. The fraction of sp³-hybridized carbons (Fsp3) is 0.250. The van der Waals surface area contributed by atoms with Crippen molar-refractivity contribution < 1.29 is 14.3 Å². The van der Waals surface area contributed by atoms with E-state index < -0.39 is 0 Å². The van der Waals surface area contributed by atoms with E-state index in [1.165, 1.54) is 5.56 Å². The molecule has 128 valence electrons. The first-order valence-electron chi connectivity index (χ1n) is 8.38. The molecule has 4 rings (SSSR count). The molecule has 2 heterocycles. The van der Waals surface area contributed by atoms with Gasteiger partial charge in [-0.2, -0.15) is 0 Å². The molecule has 1 atom stereocenters. The number of nitrogens with one attached hydrogen (secondary N) is 2. The van der Waals surface area contributed by atoms with Crippen LogP contribution in [0.1, 0.15) is 16.1 Å². The van der Waals surface area contributed by atoms with Crippen LogP contribution in [0.5, 0.6) is 11.5 Å². The van der Waals surface area contributed by atoms with Crippen LogP contribution in [0, 0.1) is 5.92 Å². The molecule has 1 aromatic heterocycles. The van der Waals surface area contributed by atoms with Crippen molar-refractivity contribution in [3.8, 4) is 11.5 Å². The third-order valence-corrected chi connectivity index (χ3v) is 4.58. The summed E-state index contributed by atoms with van der Waals surface area (Å²) in [5, 5.41) is 3.99. The Labute approximate surface area is 146 Å². The van der Waals surface area contributed by atoms with Gasteiger partial charge in [-0.05, 0) is 36.2 Å². The van der Waals surface area contributed by atoms with Gasteiger partial charge in [-0.15, -0.1) is 0 Å². The highest BCUT2D eigenvalue weighted by molar-refractivity contribution is 5.98. The van der Waals surface area contributed by atoms with Gasteiger partial charge in [0.25, 0.3) is 5.91 Å². The summed E-state index contributed by atoms with van der Waals surface area (Å²) >= 11 is 0. The smallest absolute Gasteiger partial charge is 0.267 e. The summed E-state index contributed by atoms with van der Waals surface area (Å²) < 4.78 is 11.0. The van der Waals surface area contributed by atoms with Gasteiger partial charge in [0.15, 0.2) is 0 Å². The van der Waals surface area contributed by atoms with Crippen LogP contribution in [0.15, 0.2) is 48.5 Å². The zero-order valence-electron chi connectivity index (χ0n) is 14.0. The van der Waals surface area contributed by atoms with Crippen molar-refractivity contribution in [3.05, 3.63) is 59.8 Å². The molecule has 0 bridgehead atoms. The number of amides is 1. The first-order chi connectivity index (χ1) is 12.2. The van der Waals surface area contributed by atoms with Gasteiger partial charge in [0, 0.05) is 29.4 Å². The molecule has 5 heteroatoms. The highest BCUT2D eigenvalue weighted by atomic mass is 16.5. The van der Waals surface area contributed by atoms with Gasteiger partial charge in [0.1, 0.15) is 17.2 Å². The third kappa shape index (κ3) is 3.18. The molecule has 1 aliphatic rings. The Morgan fingerprint density at radius 3 is 3.04 bits per heavy atom. The summed E-state index contributed by atoms with van der Waals surface area (Å²) in [4.78, 5) is 15.6. The van der Waals surface area contributed by atoms with E-state index in [0.717, 1.165) is 28.8 Å². The van der Waals surface area contributed by atoms with Crippen molar-refractivity contribution in [1.29, 1.82) is 0 Å². The number of carbonyl (C=O) groups is 1. The Kier molecular flexibility index (Phi) is 4.06. The van der Waals surface area contributed by atoms with Crippen LogP contribution in [-0.2, 0) is 6.42 Å². The van der Waals surface area contributed by atoms with Crippen LogP contribution < -0.4 is 14.8 Å². The number of rotatable bonds is 4. The van der Waals surface area contributed by atoms with Crippen molar-refractivity contribution >= 4 is 16.8 Å². The highest BCUT2D eigenvalue weighted by Crippen LogP contribution is 2.26. The highest BCUT2D eigenvalue weighted by Gasteiger charge is 2.20. The lowest BCUT2D eigenvalue weighted by Gasteiger charge is -2.25. The lowest BCUT2D eigenvalue weighted by atomic mass is 9.97. The number of aromatic amines is 1. The van der Waals surface area contributed by atoms with Crippen LogP contribution in [0.25, 0.3) is 10.9 Å². The second-order valence-corrected chi connectivity index (χ2v) is 6.34. The van der Waals surface area contributed by atoms with Gasteiger partial charge in [-0.3, -0.25) is 4.79 Å². The number of hydrogen-bond acceptors (Lipinski definition) is 3. The van der Waals surface area contributed by atoms with E-state index in [4.69, 9.17) is 9.47 Å². The topological polar surface area (TPSA) is 63.4 Å². The molecule has 0 spiro atoms. The van der Waals surface area contributed by atoms with Crippen LogP contribution in [0.3, 0.4) is 0 Å². The van der Waals surface area contributed by atoms with E-state index in [1.54, 1.807) is 7.11 Å². The molecule has 1 aliphatic heterocycles. The van der Waals surface area contributed by atoms with E-state index >= 15 is 0 Å². The van der Waals surface area contributed by atoms with Gasteiger partial charge in [0.05, 0.1) is 13.7 Å². The predicted molar refractivity (Wildman–Crippen MR) is 96.3 cm³/mol. The van der Waals surface area contributed by atoms with E-state index in [1.807, 2.05) is 42.5 Å². The van der Waals surface area contributed by atoms with Crippen molar-refractivity contribution in [3.63, 3.8) is 0 Å². The summed E-state index contributed by atoms with van der Waals surface area (Å²) in [6, 6.07) is 15.6. The van der Waals surface area contributed by atoms with Crippen LogP contribution in [0.4, 0.5) is 0 Å². The number of carbonyl (C=O) groups excluding carboxylic acids is 1. The van der Waals surface area contributed by atoms with Gasteiger partial charge in [0.2, 0.25) is 0 Å². The molecule has 0 fully saturated rings. The Hall–Kier alpha value is -2.95. The number of methoxy groups -OCH3 is 1. The van der Waals surface area contributed by atoms with Gasteiger partial charge in [-0.25, -0.2) is 0 Å². The van der Waals surface area contributed by atoms with Gasteiger partial charge >= 0.3 is 0 Å². The number of fused-ring (bicyclic) bond motifs is 2. The fourth-order valence-corrected chi connectivity index (χ4v) is 3.21. The molecule has 0 saturated heterocycles. The molecule has 3 aromatic rings. The number of H-pyrrole nitrogens is 1. The molecular formula is C20H20N2O3. The number of aromatic nitrogens is 1. The minimum Gasteiger partial charge on any atom is -0.497 e. The lowest BCUT2D eigenvalue weighted by molar-refractivity contribution is 0.0935. The maximum atomic E-state index is 12.4. The van der Waals surface area contributed by atoms with Crippen molar-refractivity contribution in [2.24, 2.45) is 5.92 Å². The van der Waals surface area contributed by atoms with E-state index in [2.05, 4.69) is 16.4 Å². The summed E-state index contributed by atoms with van der Waals surface area (Å²) in [5.74, 6) is 1.89. The maximum absolute atomic E-state index is 12.4. The minimum absolute atomic E-state index is 0.103. The second kappa shape index (κ2) is 6.51. The van der Waals surface area contributed by atoms with Gasteiger partial charge in [-0.1, -0.05) is 18.2 Å². The van der Waals surface area contributed by atoms with Crippen molar-refractivity contribution in [1.82, 2.24) is 10.3 Å². The number of ether oxygens (including phenoxy) is 2. The molecule has 0 radical (unpaired) electrons. The summed E-state index contributed by atoms with van der Waals surface area (Å²) in [6.07, 6.45) is 0.917. The number of hydrogen-bond donors (Lipinski definition) is 2. The molecule has 2 N–H and O–H groups in total. The largest absolute Gasteiger partial charge is 0.497 e. The zero-order chi connectivity index (χ0) is 17.2. The Morgan fingerprint density at radius 1 is 1.28 bits per heavy atom. The lowest BCUT2D eigenvalue weighted by Crippen LogP contribution is -2.34. The van der Waals surface area contributed by atoms with Crippen LogP contribution in [-0.4, -0.2) is 31.2 Å². The van der Waals surface area contributed by atoms with Crippen LogP contribution in [0.2, 0.25) is 0 Å². The van der Waals surface area contributed by atoms with E-state index in [9.17, 15) is 4.79 Å². The van der Waals surface area contributed by atoms with Gasteiger partial charge < -0.3 is 19.8 Å². The average molecular weight is 336 g/mol. The standard InChI is InChI=1S/C20H20N2O3/c1-24-16-7-6-14-9-18(22-17(14)10-16)20(23)21-11-13-8-15-4-2-3-5-19(15)25-12-13/h2-7,9-10,13,22H,8,11-12H2,1H3,(H,21,23). The summed E-state index contributed by atoms with van der Waals surface area (Å²) in [5.41, 5.74) is 2.64. The number of benzene rings is 2. The Morgan fingerprint density at radius 2 is 2.16 bits per heavy atom. The quantitative estimate of drug-likeness (QED) is 0.769. The first kappa shape index (κ1) is 15.6. The van der Waals surface area contributed by atoms with E-state index in [0.29, 0.717) is 18.8 Å². The fourth-order valence-electron chi connectivity index (χ4n) is 3.21. The molecule has 25 heavy (non-hydrogen) atoms. The van der Waals surface area contributed by atoms with E-state index in [-0.39, 0.29) is 11.8 Å². The molecule has 0 aliphatic carbocycles. The summed E-state index contributed by atoms with van der Waals surface area (Å²) in [6.45, 7) is 1.22. The van der Waals surface area contributed by atoms with Crippen molar-refractivity contribution in [2.45, 2.75) is 6.42 Å². The number of para-hydroxylation sites is 1. The van der Waals surface area contributed by atoms with Crippen molar-refractivity contribution in [2.75, 3.05) is 20.3 Å². The minimum atomic E-state index is -0.103. The third-order valence-electron chi connectivity index (χ3n) is 4.58. The normalized spacial score (nSPS) is 16.1. The average Bonchev–Trinajstić information content (AvgIpc) is 3.09. The molecule has 1 amide bonds. The molecule has 1 unspecified atom stereocenters. The molecule has 5 nitrogen and oxygen atoms in total. The first-order valence-corrected chi connectivity index (χ1v) is 8.38. The second-order valence-electron chi connectivity index (χ2n) is 6.34. The monoisotopic (exact) mass is 336 g/mol. The Balaban J connectivity index is 1.41. The predicted octanol–water partition coefficient (Wildman–Crippen LogP) is 3.16. The molecular weight excluding hydrogens is 316 g/mol. The molecule has 0 saturated carbocycles. The maximum Gasteiger partial charge on any atom is 0.267 e.